The largest absolute Gasteiger partial charge is 0.355 e. The van der Waals surface area contributed by atoms with Crippen LogP contribution < -0.4 is 10.6 Å². The van der Waals surface area contributed by atoms with Crippen molar-refractivity contribution in [2.24, 2.45) is 0 Å². The van der Waals surface area contributed by atoms with E-state index in [2.05, 4.69) is 15.8 Å². The number of sulfone groups is 1. The lowest BCUT2D eigenvalue weighted by Crippen LogP contribution is -2.25. The summed E-state index contributed by atoms with van der Waals surface area (Å²) in [6.07, 6.45) is 4.36. The topological polar surface area (TPSA) is 118 Å². The van der Waals surface area contributed by atoms with Gasteiger partial charge in [0.1, 0.15) is 5.00 Å². The molecule has 1 aromatic carbocycles. The number of anilines is 1. The SMILES string of the molecule is CCCS(=O)(=O)c1ccc(-c2cc(C(=O)Nc3sc4c(c3C(=O)NCC)CCCC4)no2)cc1. The molecule has 1 aliphatic carbocycles. The number of amides is 2. The smallest absolute Gasteiger partial charge is 0.278 e. The van der Waals surface area contributed by atoms with Gasteiger partial charge in [-0.05, 0) is 68.9 Å². The molecule has 0 atom stereocenters. The van der Waals surface area contributed by atoms with Crippen LogP contribution in [0.25, 0.3) is 11.3 Å². The number of benzene rings is 1. The van der Waals surface area contributed by atoms with Gasteiger partial charge in [-0.2, -0.15) is 0 Å². The van der Waals surface area contributed by atoms with Gasteiger partial charge in [0.25, 0.3) is 11.8 Å². The molecule has 3 aromatic rings. The Morgan fingerprint density at radius 1 is 1.09 bits per heavy atom. The lowest BCUT2D eigenvalue weighted by Gasteiger charge is -2.12. The molecule has 0 saturated heterocycles. The van der Waals surface area contributed by atoms with E-state index in [1.54, 1.807) is 12.1 Å². The Balaban J connectivity index is 1.55. The number of thiophene rings is 1. The van der Waals surface area contributed by atoms with Crippen molar-refractivity contribution in [3.8, 4) is 11.3 Å². The van der Waals surface area contributed by atoms with Crippen LogP contribution in [-0.4, -0.2) is 37.7 Å². The molecule has 0 bridgehead atoms. The van der Waals surface area contributed by atoms with Crippen molar-refractivity contribution in [1.29, 1.82) is 0 Å². The molecule has 2 heterocycles. The van der Waals surface area contributed by atoms with Crippen molar-refractivity contribution in [3.63, 3.8) is 0 Å². The van der Waals surface area contributed by atoms with E-state index in [1.165, 1.54) is 29.5 Å². The molecule has 180 valence electrons. The fraction of sp³-hybridized carbons (Fsp3) is 0.375. The van der Waals surface area contributed by atoms with E-state index in [-0.39, 0.29) is 22.2 Å². The average molecular weight is 502 g/mol. The van der Waals surface area contributed by atoms with E-state index in [9.17, 15) is 18.0 Å². The highest BCUT2D eigenvalue weighted by molar-refractivity contribution is 7.91. The van der Waals surface area contributed by atoms with Gasteiger partial charge in [0.2, 0.25) is 0 Å². The Labute approximate surface area is 202 Å². The minimum Gasteiger partial charge on any atom is -0.355 e. The fourth-order valence-electron chi connectivity index (χ4n) is 4.04. The molecule has 34 heavy (non-hydrogen) atoms. The first-order valence-electron chi connectivity index (χ1n) is 11.4. The molecule has 1 aliphatic rings. The third-order valence-electron chi connectivity index (χ3n) is 5.68. The summed E-state index contributed by atoms with van der Waals surface area (Å²) < 4.78 is 29.8. The molecule has 2 aromatic heterocycles. The fourth-order valence-corrected chi connectivity index (χ4v) is 6.65. The molecule has 10 heteroatoms. The lowest BCUT2D eigenvalue weighted by atomic mass is 9.95. The van der Waals surface area contributed by atoms with Crippen molar-refractivity contribution in [1.82, 2.24) is 10.5 Å². The van der Waals surface area contributed by atoms with E-state index in [4.69, 9.17) is 4.52 Å². The van der Waals surface area contributed by atoms with Gasteiger partial charge in [0.15, 0.2) is 21.3 Å². The van der Waals surface area contributed by atoms with Gasteiger partial charge in [-0.25, -0.2) is 8.42 Å². The molecule has 0 unspecified atom stereocenters. The summed E-state index contributed by atoms with van der Waals surface area (Å²) >= 11 is 1.44. The maximum Gasteiger partial charge on any atom is 0.278 e. The number of hydrogen-bond donors (Lipinski definition) is 2. The normalized spacial score (nSPS) is 13.4. The van der Waals surface area contributed by atoms with E-state index in [0.29, 0.717) is 34.9 Å². The summed E-state index contributed by atoms with van der Waals surface area (Å²) in [7, 11) is -3.31. The van der Waals surface area contributed by atoms with Gasteiger partial charge in [0.05, 0.1) is 16.2 Å². The first kappa shape index (κ1) is 24.2. The molecule has 0 fully saturated rings. The van der Waals surface area contributed by atoms with E-state index < -0.39 is 15.7 Å². The zero-order valence-corrected chi connectivity index (χ0v) is 20.8. The standard InChI is InChI=1S/C24H27N3O5S2/c1-3-13-34(30,31)16-11-9-15(10-12-16)19-14-18(27-32-19)22(28)26-24-21(23(29)25-4-2)17-7-5-6-8-20(17)33-24/h9-12,14H,3-8,13H2,1-2H3,(H,25,29)(H,26,28). The molecular weight excluding hydrogens is 474 g/mol. The summed E-state index contributed by atoms with van der Waals surface area (Å²) in [6.45, 7) is 4.18. The van der Waals surface area contributed by atoms with Gasteiger partial charge in [-0.1, -0.05) is 12.1 Å². The van der Waals surface area contributed by atoms with Crippen molar-refractivity contribution in [2.45, 2.75) is 50.8 Å². The zero-order valence-electron chi connectivity index (χ0n) is 19.1. The van der Waals surface area contributed by atoms with Gasteiger partial charge in [-0.15, -0.1) is 11.3 Å². The Bertz CT molecular complexity index is 1310. The molecular formula is C24H27N3O5S2. The van der Waals surface area contributed by atoms with Gasteiger partial charge in [-0.3, -0.25) is 9.59 Å². The summed E-state index contributed by atoms with van der Waals surface area (Å²) in [6, 6.07) is 7.81. The monoisotopic (exact) mass is 501 g/mol. The van der Waals surface area contributed by atoms with Crippen molar-refractivity contribution < 1.29 is 22.5 Å². The third-order valence-corrected chi connectivity index (χ3v) is 8.82. The highest BCUT2D eigenvalue weighted by Gasteiger charge is 2.27. The van der Waals surface area contributed by atoms with Crippen LogP contribution in [0.4, 0.5) is 5.00 Å². The highest BCUT2D eigenvalue weighted by Crippen LogP contribution is 2.38. The molecule has 0 saturated carbocycles. The van der Waals surface area contributed by atoms with Gasteiger partial charge >= 0.3 is 0 Å². The van der Waals surface area contributed by atoms with Crippen molar-refractivity contribution in [2.75, 3.05) is 17.6 Å². The quantitative estimate of drug-likeness (QED) is 0.470. The molecule has 8 nitrogen and oxygen atoms in total. The number of rotatable bonds is 8. The van der Waals surface area contributed by atoms with Crippen LogP contribution in [0, 0.1) is 0 Å². The zero-order chi connectivity index (χ0) is 24.3. The minimum atomic E-state index is -3.31. The van der Waals surface area contributed by atoms with E-state index in [1.807, 2.05) is 13.8 Å². The predicted octanol–water partition coefficient (Wildman–Crippen LogP) is 4.47. The van der Waals surface area contributed by atoms with Crippen LogP contribution in [0.1, 0.15) is 64.4 Å². The number of fused-ring (bicyclic) bond motifs is 1. The molecule has 0 radical (unpaired) electrons. The molecule has 0 spiro atoms. The van der Waals surface area contributed by atoms with Crippen LogP contribution in [0.15, 0.2) is 39.8 Å². The Hall–Kier alpha value is -2.98. The second-order valence-electron chi connectivity index (χ2n) is 8.15. The molecule has 2 N–H and O–H groups in total. The molecule has 2 amide bonds. The van der Waals surface area contributed by atoms with Crippen molar-refractivity contribution >= 4 is 38.0 Å². The molecule has 4 rings (SSSR count). The van der Waals surface area contributed by atoms with E-state index >= 15 is 0 Å². The van der Waals surface area contributed by atoms with Gasteiger partial charge in [0, 0.05) is 23.1 Å². The average Bonchev–Trinajstić information content (AvgIpc) is 3.44. The van der Waals surface area contributed by atoms with Gasteiger partial charge < -0.3 is 15.2 Å². The van der Waals surface area contributed by atoms with Crippen molar-refractivity contribution in [3.05, 3.63) is 52.0 Å². The number of aromatic nitrogens is 1. The summed E-state index contributed by atoms with van der Waals surface area (Å²) in [5.41, 5.74) is 2.25. The summed E-state index contributed by atoms with van der Waals surface area (Å²) in [5.74, 6) is -0.222. The number of aryl methyl sites for hydroxylation is 1. The highest BCUT2D eigenvalue weighted by atomic mass is 32.2. The van der Waals surface area contributed by atoms with Crippen LogP contribution in [0.2, 0.25) is 0 Å². The maximum absolute atomic E-state index is 12.9. The number of carbonyl (C=O) groups is 2. The second-order valence-corrected chi connectivity index (χ2v) is 11.4. The van der Waals surface area contributed by atoms with Crippen LogP contribution >= 0.6 is 11.3 Å². The second kappa shape index (κ2) is 10.1. The third kappa shape index (κ3) is 4.92. The number of hydrogen-bond acceptors (Lipinski definition) is 7. The van der Waals surface area contributed by atoms with Crippen LogP contribution in [0.5, 0.6) is 0 Å². The number of nitrogens with one attached hydrogen (secondary N) is 2. The van der Waals surface area contributed by atoms with Crippen LogP contribution in [-0.2, 0) is 22.7 Å². The first-order chi connectivity index (χ1) is 16.3. The number of carbonyl (C=O) groups excluding carboxylic acids is 2. The summed E-state index contributed by atoms with van der Waals surface area (Å²) in [4.78, 5) is 27.0. The Morgan fingerprint density at radius 3 is 2.53 bits per heavy atom. The summed E-state index contributed by atoms with van der Waals surface area (Å²) in [5, 5.41) is 10.1. The minimum absolute atomic E-state index is 0.0749. The first-order valence-corrected chi connectivity index (χ1v) is 13.8. The Morgan fingerprint density at radius 2 is 1.82 bits per heavy atom. The lowest BCUT2D eigenvalue weighted by molar-refractivity contribution is 0.0956. The maximum atomic E-state index is 12.9. The number of nitrogens with zero attached hydrogens (tertiary/aromatic N) is 1. The predicted molar refractivity (Wildman–Crippen MR) is 131 cm³/mol. The van der Waals surface area contributed by atoms with E-state index in [0.717, 1.165) is 36.1 Å². The molecule has 0 aliphatic heterocycles. The van der Waals surface area contributed by atoms with Crippen LogP contribution in [0.3, 0.4) is 0 Å². The Kier molecular flexibility index (Phi) is 7.18.